The van der Waals surface area contributed by atoms with Crippen LogP contribution in [0.4, 0.5) is 11.4 Å². The van der Waals surface area contributed by atoms with Crippen LogP contribution in [0.2, 0.25) is 0 Å². The van der Waals surface area contributed by atoms with E-state index in [0.717, 1.165) is 29.0 Å². The predicted molar refractivity (Wildman–Crippen MR) is 118 cm³/mol. The molecule has 4 aromatic carbocycles. The number of hydrogen-bond donors (Lipinski definition) is 2. The minimum atomic E-state index is -0.586. The minimum Gasteiger partial charge on any atom is -0.508 e. The third-order valence-electron chi connectivity index (χ3n) is 5.84. The third-order valence-corrected chi connectivity index (χ3v) is 5.84. The normalized spacial score (nSPS) is 17.9. The van der Waals surface area contributed by atoms with Gasteiger partial charge in [-0.2, -0.15) is 0 Å². The number of phenols is 1. The molecule has 1 unspecified atom stereocenters. The molecule has 4 aromatic rings. The molecule has 0 amide bonds. The molecule has 0 saturated heterocycles. The topological polar surface area (TPSA) is 49.5 Å². The summed E-state index contributed by atoms with van der Waals surface area (Å²) in [6, 6.07) is 34.6. The van der Waals surface area contributed by atoms with Crippen molar-refractivity contribution < 1.29 is 5.11 Å². The molecule has 0 aromatic heterocycles. The number of nitrogens with two attached hydrogens (primary N) is 1. The SMILES string of the molecule is Nc1ccccc1C1(c2ccc(O)cc2)c2ccccc2CN1c1ccccc1. The summed E-state index contributed by atoms with van der Waals surface area (Å²) in [7, 11) is 0. The molecule has 1 atom stereocenters. The van der Waals surface area contributed by atoms with Gasteiger partial charge in [-0.3, -0.25) is 0 Å². The molecule has 0 saturated carbocycles. The lowest BCUT2D eigenvalue weighted by molar-refractivity contribution is 0.474. The highest BCUT2D eigenvalue weighted by Crippen LogP contribution is 2.52. The average molecular weight is 378 g/mol. The molecule has 1 aliphatic rings. The Kier molecular flexibility index (Phi) is 4.02. The van der Waals surface area contributed by atoms with Crippen molar-refractivity contribution in [1.82, 2.24) is 0 Å². The van der Waals surface area contributed by atoms with Crippen LogP contribution >= 0.6 is 0 Å². The molecule has 3 N–H and O–H groups in total. The molecule has 1 heterocycles. The summed E-state index contributed by atoms with van der Waals surface area (Å²) in [5.74, 6) is 0.252. The Balaban J connectivity index is 1.90. The molecule has 142 valence electrons. The van der Waals surface area contributed by atoms with Crippen molar-refractivity contribution in [1.29, 1.82) is 0 Å². The molecule has 0 bridgehead atoms. The predicted octanol–water partition coefficient (Wildman–Crippen LogP) is 5.29. The van der Waals surface area contributed by atoms with E-state index in [9.17, 15) is 5.11 Å². The van der Waals surface area contributed by atoms with Gasteiger partial charge in [0.05, 0.1) is 0 Å². The van der Waals surface area contributed by atoms with E-state index in [1.54, 1.807) is 12.1 Å². The monoisotopic (exact) mass is 378 g/mol. The smallest absolute Gasteiger partial charge is 0.119 e. The van der Waals surface area contributed by atoms with E-state index in [1.807, 2.05) is 36.4 Å². The van der Waals surface area contributed by atoms with Crippen molar-refractivity contribution >= 4 is 11.4 Å². The molecule has 1 aliphatic heterocycles. The van der Waals surface area contributed by atoms with Crippen LogP contribution in [0.5, 0.6) is 5.75 Å². The number of hydrogen-bond acceptors (Lipinski definition) is 3. The first kappa shape index (κ1) is 17.4. The van der Waals surface area contributed by atoms with Crippen LogP contribution in [-0.2, 0) is 12.1 Å². The zero-order valence-corrected chi connectivity index (χ0v) is 16.0. The van der Waals surface area contributed by atoms with Gasteiger partial charge in [-0.25, -0.2) is 0 Å². The van der Waals surface area contributed by atoms with E-state index in [1.165, 1.54) is 11.1 Å². The summed E-state index contributed by atoms with van der Waals surface area (Å²) in [4.78, 5) is 2.41. The summed E-state index contributed by atoms with van der Waals surface area (Å²) in [5.41, 5.74) is 12.5. The number of para-hydroxylation sites is 2. The summed E-state index contributed by atoms with van der Waals surface area (Å²) < 4.78 is 0. The van der Waals surface area contributed by atoms with E-state index in [0.29, 0.717) is 0 Å². The summed E-state index contributed by atoms with van der Waals surface area (Å²) in [6.45, 7) is 0.773. The van der Waals surface area contributed by atoms with Gasteiger partial charge in [-0.05, 0) is 47.0 Å². The van der Waals surface area contributed by atoms with Crippen LogP contribution < -0.4 is 10.6 Å². The quantitative estimate of drug-likeness (QED) is 0.477. The number of aromatic hydroxyl groups is 1. The van der Waals surface area contributed by atoms with Crippen molar-refractivity contribution in [2.75, 3.05) is 10.6 Å². The van der Waals surface area contributed by atoms with E-state index < -0.39 is 5.54 Å². The zero-order chi connectivity index (χ0) is 19.8. The minimum absolute atomic E-state index is 0.252. The van der Waals surface area contributed by atoms with Gasteiger partial charge >= 0.3 is 0 Å². The van der Waals surface area contributed by atoms with Crippen molar-refractivity contribution in [3.63, 3.8) is 0 Å². The fourth-order valence-electron chi connectivity index (χ4n) is 4.62. The maximum Gasteiger partial charge on any atom is 0.119 e. The highest BCUT2D eigenvalue weighted by molar-refractivity contribution is 5.72. The number of nitrogens with zero attached hydrogens (tertiary/aromatic N) is 1. The molecule has 3 nitrogen and oxygen atoms in total. The lowest BCUT2D eigenvalue weighted by Gasteiger charge is -2.42. The van der Waals surface area contributed by atoms with E-state index in [4.69, 9.17) is 5.73 Å². The zero-order valence-electron chi connectivity index (χ0n) is 16.0. The second kappa shape index (κ2) is 6.71. The van der Waals surface area contributed by atoms with Crippen LogP contribution in [0.3, 0.4) is 0 Å². The molecule has 29 heavy (non-hydrogen) atoms. The number of benzene rings is 4. The lowest BCUT2D eigenvalue weighted by Crippen LogP contribution is -2.44. The fourth-order valence-corrected chi connectivity index (χ4v) is 4.62. The third kappa shape index (κ3) is 2.59. The van der Waals surface area contributed by atoms with Crippen molar-refractivity contribution in [2.45, 2.75) is 12.1 Å². The first-order valence-corrected chi connectivity index (χ1v) is 9.77. The largest absolute Gasteiger partial charge is 0.508 e. The summed E-state index contributed by atoms with van der Waals surface area (Å²) in [6.07, 6.45) is 0. The first-order chi connectivity index (χ1) is 14.2. The lowest BCUT2D eigenvalue weighted by atomic mass is 9.76. The van der Waals surface area contributed by atoms with Crippen LogP contribution in [0, 0.1) is 0 Å². The molecule has 0 spiro atoms. The van der Waals surface area contributed by atoms with Crippen LogP contribution in [0.15, 0.2) is 103 Å². The summed E-state index contributed by atoms with van der Waals surface area (Å²) in [5, 5.41) is 9.95. The second-order valence-electron chi connectivity index (χ2n) is 7.42. The fraction of sp³-hybridized carbons (Fsp3) is 0.0769. The van der Waals surface area contributed by atoms with Crippen molar-refractivity contribution in [3.05, 3.63) is 125 Å². The van der Waals surface area contributed by atoms with E-state index in [2.05, 4.69) is 59.5 Å². The summed E-state index contributed by atoms with van der Waals surface area (Å²) >= 11 is 0. The van der Waals surface area contributed by atoms with Crippen LogP contribution in [-0.4, -0.2) is 5.11 Å². The Hall–Kier alpha value is -3.72. The van der Waals surface area contributed by atoms with Gasteiger partial charge in [-0.15, -0.1) is 0 Å². The number of fused-ring (bicyclic) bond motifs is 1. The van der Waals surface area contributed by atoms with E-state index >= 15 is 0 Å². The Bertz CT molecular complexity index is 1150. The Morgan fingerprint density at radius 1 is 0.690 bits per heavy atom. The number of phenolic OH excluding ortho intramolecular Hbond substituents is 1. The van der Waals surface area contributed by atoms with Crippen LogP contribution in [0.25, 0.3) is 0 Å². The molecule has 0 aliphatic carbocycles. The van der Waals surface area contributed by atoms with Gasteiger partial charge in [-0.1, -0.05) is 72.8 Å². The second-order valence-corrected chi connectivity index (χ2v) is 7.42. The number of anilines is 2. The first-order valence-electron chi connectivity index (χ1n) is 9.77. The molecule has 0 fully saturated rings. The highest BCUT2D eigenvalue weighted by atomic mass is 16.3. The van der Waals surface area contributed by atoms with Crippen LogP contribution in [0.1, 0.15) is 22.3 Å². The number of rotatable bonds is 3. The maximum absolute atomic E-state index is 9.95. The van der Waals surface area contributed by atoms with Crippen molar-refractivity contribution in [3.8, 4) is 5.75 Å². The Labute approximate surface area is 170 Å². The van der Waals surface area contributed by atoms with Gasteiger partial charge in [0.1, 0.15) is 11.3 Å². The van der Waals surface area contributed by atoms with Gasteiger partial charge in [0, 0.05) is 23.5 Å². The molecule has 5 rings (SSSR count). The Morgan fingerprint density at radius 2 is 1.31 bits per heavy atom. The Morgan fingerprint density at radius 3 is 2.03 bits per heavy atom. The van der Waals surface area contributed by atoms with Gasteiger partial charge in [0.15, 0.2) is 0 Å². The molecule has 0 radical (unpaired) electrons. The van der Waals surface area contributed by atoms with Gasteiger partial charge < -0.3 is 15.7 Å². The molecular weight excluding hydrogens is 356 g/mol. The van der Waals surface area contributed by atoms with E-state index in [-0.39, 0.29) is 5.75 Å². The molecule has 3 heteroatoms. The maximum atomic E-state index is 9.95. The highest BCUT2D eigenvalue weighted by Gasteiger charge is 2.48. The van der Waals surface area contributed by atoms with Crippen molar-refractivity contribution in [2.24, 2.45) is 0 Å². The van der Waals surface area contributed by atoms with Gasteiger partial charge in [0.25, 0.3) is 0 Å². The standard InChI is InChI=1S/C26H22N2O/c27-25-13-7-6-12-24(25)26(20-14-16-22(29)17-15-20)23-11-5-4-8-19(23)18-28(26)21-9-2-1-3-10-21/h1-17,29H,18,27H2. The average Bonchev–Trinajstić information content (AvgIpc) is 3.11. The molecular formula is C26H22N2O. The number of nitrogen functional groups attached to an aromatic ring is 1. The van der Waals surface area contributed by atoms with Gasteiger partial charge in [0.2, 0.25) is 0 Å².